The number of fused-ring (bicyclic) bond motifs is 1. The van der Waals surface area contributed by atoms with Gasteiger partial charge >= 0.3 is 6.09 Å². The van der Waals surface area contributed by atoms with Gasteiger partial charge in [-0.05, 0) is 19.4 Å². The van der Waals surface area contributed by atoms with Gasteiger partial charge in [-0.1, -0.05) is 30.3 Å². The fourth-order valence-electron chi connectivity index (χ4n) is 3.02. The molecule has 2 saturated heterocycles. The number of benzene rings is 1. The molecule has 1 amide bonds. The number of nitrogens with one attached hydrogen (secondary N) is 1. The van der Waals surface area contributed by atoms with Crippen LogP contribution in [-0.4, -0.2) is 64.1 Å². The predicted octanol–water partition coefficient (Wildman–Crippen LogP) is -0.169. The molecule has 1 aromatic rings. The Hall–Kier alpha value is -1.75. The van der Waals surface area contributed by atoms with Gasteiger partial charge in [-0.25, -0.2) is 4.79 Å². The Bertz CT molecular complexity index is 639. The van der Waals surface area contributed by atoms with Crippen molar-refractivity contribution in [3.8, 4) is 0 Å². The zero-order valence-corrected chi connectivity index (χ0v) is 14.5. The number of aliphatic hydroxyl groups excluding tert-OH is 2. The van der Waals surface area contributed by atoms with Gasteiger partial charge in [0.1, 0.15) is 24.9 Å². The Balaban J connectivity index is 1.61. The highest BCUT2D eigenvalue weighted by molar-refractivity contribution is 5.68. The van der Waals surface area contributed by atoms with Gasteiger partial charge in [0.2, 0.25) is 0 Å². The van der Waals surface area contributed by atoms with Crippen molar-refractivity contribution in [2.75, 3.05) is 6.61 Å². The van der Waals surface area contributed by atoms with E-state index in [4.69, 9.17) is 18.9 Å². The van der Waals surface area contributed by atoms with E-state index in [1.54, 1.807) is 38.1 Å². The van der Waals surface area contributed by atoms with Crippen LogP contribution in [0.5, 0.6) is 0 Å². The fraction of sp³-hybridized carbons (Fsp3) is 0.588. The molecular weight excluding hydrogens is 346 g/mol. The molecule has 9 heteroatoms. The van der Waals surface area contributed by atoms with Crippen LogP contribution in [0, 0.1) is 0 Å². The molecule has 2 aliphatic heterocycles. The third-order valence-electron chi connectivity index (χ3n) is 4.26. The molecule has 2 heterocycles. The van der Waals surface area contributed by atoms with Crippen molar-refractivity contribution < 1.29 is 39.1 Å². The van der Waals surface area contributed by atoms with E-state index >= 15 is 0 Å². The highest BCUT2D eigenvalue weighted by atomic mass is 16.8. The number of aliphatic hydroxyl groups is 3. The summed E-state index contributed by atoms with van der Waals surface area (Å²) >= 11 is 0. The average molecular weight is 369 g/mol. The summed E-state index contributed by atoms with van der Waals surface area (Å²) in [6, 6.07) is 8.96. The zero-order valence-electron chi connectivity index (χ0n) is 14.5. The van der Waals surface area contributed by atoms with Gasteiger partial charge in [0.15, 0.2) is 17.8 Å². The normalized spacial score (nSPS) is 31.9. The Kier molecular flexibility index (Phi) is 5.20. The van der Waals surface area contributed by atoms with E-state index in [1.165, 1.54) is 0 Å². The van der Waals surface area contributed by atoms with Crippen LogP contribution in [0.3, 0.4) is 0 Å². The van der Waals surface area contributed by atoms with Crippen LogP contribution >= 0.6 is 0 Å². The number of ether oxygens (including phenoxy) is 4. The first-order valence-corrected chi connectivity index (χ1v) is 8.25. The van der Waals surface area contributed by atoms with Gasteiger partial charge < -0.3 is 34.3 Å². The third kappa shape index (κ3) is 3.83. The van der Waals surface area contributed by atoms with Crippen LogP contribution in [0.25, 0.3) is 0 Å². The quantitative estimate of drug-likeness (QED) is 0.527. The largest absolute Gasteiger partial charge is 0.445 e. The van der Waals surface area contributed by atoms with Crippen molar-refractivity contribution >= 4 is 6.09 Å². The van der Waals surface area contributed by atoms with E-state index < -0.39 is 48.8 Å². The van der Waals surface area contributed by atoms with Gasteiger partial charge in [-0.2, -0.15) is 0 Å². The Morgan fingerprint density at radius 3 is 2.62 bits per heavy atom. The van der Waals surface area contributed by atoms with E-state index in [9.17, 15) is 20.1 Å². The van der Waals surface area contributed by atoms with E-state index in [0.717, 1.165) is 5.56 Å². The molecule has 0 radical (unpaired) electrons. The van der Waals surface area contributed by atoms with Crippen LogP contribution in [0.4, 0.5) is 4.79 Å². The molecule has 0 saturated carbocycles. The molecule has 5 atom stereocenters. The summed E-state index contributed by atoms with van der Waals surface area (Å²) in [7, 11) is 0. The zero-order chi connectivity index (χ0) is 18.9. The predicted molar refractivity (Wildman–Crippen MR) is 86.5 cm³/mol. The monoisotopic (exact) mass is 369 g/mol. The number of alkyl carbamates (subject to hydrolysis) is 1. The first-order valence-electron chi connectivity index (χ1n) is 8.25. The fourth-order valence-corrected chi connectivity index (χ4v) is 3.02. The first-order chi connectivity index (χ1) is 12.2. The third-order valence-corrected chi connectivity index (χ3v) is 4.26. The lowest BCUT2D eigenvalue weighted by atomic mass is 10.0. The van der Waals surface area contributed by atoms with E-state index in [1.807, 2.05) is 6.07 Å². The van der Waals surface area contributed by atoms with Crippen molar-refractivity contribution in [2.24, 2.45) is 0 Å². The van der Waals surface area contributed by atoms with Crippen molar-refractivity contribution in [1.29, 1.82) is 0 Å². The standard InChI is InChI=1S/C17H23NO8/c1-16(2)25-12-11(20)13(24-14(12)26-16)17(22,9-19)18-15(21)23-8-10-6-4-3-5-7-10/h3-7,11-14,19-20,22H,8-9H2,1-2H3,(H,18,21)/t11-,12-,13+,14-,17-/m1/s1. The molecule has 0 spiro atoms. The second kappa shape index (κ2) is 7.10. The lowest BCUT2D eigenvalue weighted by molar-refractivity contribution is -0.247. The summed E-state index contributed by atoms with van der Waals surface area (Å²) in [4.78, 5) is 12.0. The van der Waals surface area contributed by atoms with Gasteiger partial charge in [-0.15, -0.1) is 0 Å². The maximum atomic E-state index is 12.0. The highest BCUT2D eigenvalue weighted by Gasteiger charge is 2.60. The van der Waals surface area contributed by atoms with Gasteiger partial charge in [0, 0.05) is 0 Å². The van der Waals surface area contributed by atoms with Crippen LogP contribution in [0.1, 0.15) is 19.4 Å². The number of hydrogen-bond acceptors (Lipinski definition) is 8. The minimum atomic E-state index is -2.27. The number of carbonyl (C=O) groups excluding carboxylic acids is 1. The van der Waals surface area contributed by atoms with Gasteiger partial charge in [0.05, 0.1) is 6.61 Å². The summed E-state index contributed by atoms with van der Waals surface area (Å²) < 4.78 is 21.5. The summed E-state index contributed by atoms with van der Waals surface area (Å²) in [6.07, 6.45) is -5.43. The molecule has 9 nitrogen and oxygen atoms in total. The van der Waals surface area contributed by atoms with Crippen LogP contribution in [0.2, 0.25) is 0 Å². The second-order valence-corrected chi connectivity index (χ2v) is 6.78. The minimum Gasteiger partial charge on any atom is -0.445 e. The molecule has 4 N–H and O–H groups in total. The summed E-state index contributed by atoms with van der Waals surface area (Å²) in [5.41, 5.74) is -1.51. The number of hydrogen-bond donors (Lipinski definition) is 4. The van der Waals surface area contributed by atoms with Crippen molar-refractivity contribution in [3.05, 3.63) is 35.9 Å². The van der Waals surface area contributed by atoms with E-state index in [2.05, 4.69) is 5.32 Å². The average Bonchev–Trinajstić information content (AvgIpc) is 3.07. The summed E-state index contributed by atoms with van der Waals surface area (Å²) in [5, 5.41) is 32.7. The van der Waals surface area contributed by atoms with Gasteiger partial charge in [0.25, 0.3) is 0 Å². The SMILES string of the molecule is CC1(C)O[C@H]2O[C@H]([C@](O)(CO)NC(=O)OCc3ccccc3)[C@H](O)[C@H]2O1. The summed E-state index contributed by atoms with van der Waals surface area (Å²) in [6.45, 7) is 2.40. The topological polar surface area (TPSA) is 127 Å². The molecule has 2 fully saturated rings. The highest BCUT2D eigenvalue weighted by Crippen LogP contribution is 2.39. The van der Waals surface area contributed by atoms with Crippen molar-refractivity contribution in [2.45, 2.75) is 56.6 Å². The molecule has 144 valence electrons. The number of amides is 1. The molecule has 2 aliphatic rings. The Morgan fingerprint density at radius 2 is 2.00 bits per heavy atom. The maximum absolute atomic E-state index is 12.0. The smallest absolute Gasteiger partial charge is 0.409 e. The first kappa shape index (κ1) is 19.0. The van der Waals surface area contributed by atoms with E-state index in [-0.39, 0.29) is 6.61 Å². The van der Waals surface area contributed by atoms with Crippen LogP contribution in [0.15, 0.2) is 30.3 Å². The van der Waals surface area contributed by atoms with Crippen molar-refractivity contribution in [3.63, 3.8) is 0 Å². The molecule has 0 aliphatic carbocycles. The Labute approximate surface area is 150 Å². The van der Waals surface area contributed by atoms with Gasteiger partial charge in [-0.3, -0.25) is 5.32 Å². The summed E-state index contributed by atoms with van der Waals surface area (Å²) in [5.74, 6) is -0.944. The molecule has 26 heavy (non-hydrogen) atoms. The molecule has 0 bridgehead atoms. The molecular formula is C17H23NO8. The lowest BCUT2D eigenvalue weighted by Gasteiger charge is -2.34. The number of carbonyl (C=O) groups is 1. The molecule has 0 unspecified atom stereocenters. The molecule has 1 aromatic carbocycles. The van der Waals surface area contributed by atoms with Crippen LogP contribution in [-0.2, 0) is 25.6 Å². The van der Waals surface area contributed by atoms with Crippen molar-refractivity contribution in [1.82, 2.24) is 5.32 Å². The Morgan fingerprint density at radius 1 is 1.31 bits per heavy atom. The van der Waals surface area contributed by atoms with Crippen LogP contribution < -0.4 is 5.32 Å². The molecule has 0 aromatic heterocycles. The second-order valence-electron chi connectivity index (χ2n) is 6.78. The van der Waals surface area contributed by atoms with E-state index in [0.29, 0.717) is 0 Å². The number of rotatable bonds is 5. The maximum Gasteiger partial charge on any atom is 0.409 e. The molecule has 3 rings (SSSR count). The lowest BCUT2D eigenvalue weighted by Crippen LogP contribution is -2.63. The minimum absolute atomic E-state index is 0.0199.